The highest BCUT2D eigenvalue weighted by Gasteiger charge is 2.11. The van der Waals surface area contributed by atoms with Crippen molar-refractivity contribution in [2.75, 3.05) is 5.32 Å². The van der Waals surface area contributed by atoms with Crippen molar-refractivity contribution < 1.29 is 4.79 Å². The van der Waals surface area contributed by atoms with Gasteiger partial charge in [0.15, 0.2) is 5.16 Å². The Labute approximate surface area is 156 Å². The van der Waals surface area contributed by atoms with Gasteiger partial charge >= 0.3 is 0 Å². The molecule has 0 fully saturated rings. The number of carbonyl (C=O) groups excluding carboxylic acids is 1. The molecule has 1 amide bonds. The quantitative estimate of drug-likeness (QED) is 0.536. The Morgan fingerprint density at radius 2 is 1.65 bits per heavy atom. The lowest BCUT2D eigenvalue weighted by molar-refractivity contribution is -0.114. The number of rotatable bonds is 6. The van der Waals surface area contributed by atoms with Gasteiger partial charge in [-0.1, -0.05) is 72.4 Å². The second kappa shape index (κ2) is 8.49. The maximum atomic E-state index is 12.6. The fraction of sp³-hybridized carbons (Fsp3) is 0.150. The van der Waals surface area contributed by atoms with Crippen LogP contribution in [-0.2, 0) is 17.1 Å². The van der Waals surface area contributed by atoms with Gasteiger partial charge in [-0.15, -0.1) is 0 Å². The molecule has 1 aromatic heterocycles. The normalized spacial score (nSPS) is 10.5. The third-order valence-corrected chi connectivity index (χ3v) is 4.72. The lowest BCUT2D eigenvalue weighted by Crippen LogP contribution is -2.24. The molecule has 0 aliphatic rings. The van der Waals surface area contributed by atoms with E-state index in [4.69, 9.17) is 0 Å². The number of amides is 1. The summed E-state index contributed by atoms with van der Waals surface area (Å²) in [5.41, 5.74) is 1.97. The smallest absolute Gasteiger partial charge is 0.256 e. The summed E-state index contributed by atoms with van der Waals surface area (Å²) in [4.78, 5) is 28.4. The predicted molar refractivity (Wildman–Crippen MR) is 104 cm³/mol. The van der Waals surface area contributed by atoms with Crippen LogP contribution in [0.4, 0.5) is 5.82 Å². The van der Waals surface area contributed by atoms with Gasteiger partial charge in [0.05, 0.1) is 6.54 Å². The van der Waals surface area contributed by atoms with E-state index in [1.54, 1.807) is 4.57 Å². The number of nitrogens with one attached hydrogen (secondary N) is 1. The first-order chi connectivity index (χ1) is 12.6. The van der Waals surface area contributed by atoms with Crippen molar-refractivity contribution in [3.8, 4) is 0 Å². The van der Waals surface area contributed by atoms with Crippen LogP contribution in [0.25, 0.3) is 0 Å². The molecule has 2 aromatic carbocycles. The average molecular weight is 365 g/mol. The summed E-state index contributed by atoms with van der Waals surface area (Å²) < 4.78 is 1.63. The summed E-state index contributed by atoms with van der Waals surface area (Å²) in [5, 5.41) is 3.18. The summed E-state index contributed by atoms with van der Waals surface area (Å²) in [5.74, 6) is 0.713. The first kappa shape index (κ1) is 17.9. The molecule has 0 aliphatic carbocycles. The molecular formula is C20H19N3O2S. The summed E-state index contributed by atoms with van der Waals surface area (Å²) in [6.07, 6.45) is 0. The molecule has 1 N–H and O–H groups in total. The van der Waals surface area contributed by atoms with Crippen molar-refractivity contribution in [1.29, 1.82) is 0 Å². The van der Waals surface area contributed by atoms with Crippen LogP contribution in [0, 0.1) is 0 Å². The van der Waals surface area contributed by atoms with Crippen molar-refractivity contribution >= 4 is 23.5 Å². The van der Waals surface area contributed by atoms with Gasteiger partial charge in [-0.25, -0.2) is 4.98 Å². The number of carbonyl (C=O) groups is 1. The van der Waals surface area contributed by atoms with Gasteiger partial charge in [-0.3, -0.25) is 14.2 Å². The topological polar surface area (TPSA) is 64.0 Å². The van der Waals surface area contributed by atoms with Gasteiger partial charge in [0.25, 0.3) is 5.56 Å². The standard InChI is InChI=1S/C20H19N3O2S/c1-15(24)21-18-12-19(25)23(13-16-8-4-2-5-9-16)20(22-18)26-14-17-10-6-3-7-11-17/h2-12H,13-14H2,1H3,(H,21,24). The molecule has 0 bridgehead atoms. The highest BCUT2D eigenvalue weighted by Crippen LogP contribution is 2.22. The number of anilines is 1. The van der Waals surface area contributed by atoms with Gasteiger partial charge in [0.1, 0.15) is 5.82 Å². The summed E-state index contributed by atoms with van der Waals surface area (Å²) in [7, 11) is 0. The number of hydrogen-bond donors (Lipinski definition) is 1. The molecule has 0 saturated heterocycles. The van der Waals surface area contributed by atoms with E-state index >= 15 is 0 Å². The molecule has 0 spiro atoms. The van der Waals surface area contributed by atoms with Crippen molar-refractivity contribution in [2.24, 2.45) is 0 Å². The fourth-order valence-electron chi connectivity index (χ4n) is 2.47. The second-order valence-corrected chi connectivity index (χ2v) is 6.73. The third kappa shape index (κ3) is 4.83. The molecule has 0 unspecified atom stereocenters. The number of hydrogen-bond acceptors (Lipinski definition) is 4. The predicted octanol–water partition coefficient (Wildman–Crippen LogP) is 3.54. The third-order valence-electron chi connectivity index (χ3n) is 3.67. The zero-order valence-electron chi connectivity index (χ0n) is 14.4. The fourth-order valence-corrected chi connectivity index (χ4v) is 3.43. The Hall–Kier alpha value is -2.86. The van der Waals surface area contributed by atoms with Crippen LogP contribution in [-0.4, -0.2) is 15.5 Å². The molecule has 3 rings (SSSR count). The van der Waals surface area contributed by atoms with Gasteiger partial charge < -0.3 is 5.32 Å². The summed E-state index contributed by atoms with van der Waals surface area (Å²) >= 11 is 1.48. The Morgan fingerprint density at radius 3 is 2.27 bits per heavy atom. The van der Waals surface area contributed by atoms with Crippen molar-refractivity contribution in [2.45, 2.75) is 24.4 Å². The number of thioether (sulfide) groups is 1. The van der Waals surface area contributed by atoms with Crippen LogP contribution in [0.3, 0.4) is 0 Å². The maximum absolute atomic E-state index is 12.6. The maximum Gasteiger partial charge on any atom is 0.256 e. The Balaban J connectivity index is 1.92. The highest BCUT2D eigenvalue weighted by molar-refractivity contribution is 7.98. The van der Waals surface area contributed by atoms with E-state index in [1.807, 2.05) is 60.7 Å². The Kier molecular flexibility index (Phi) is 5.86. The number of nitrogens with zero attached hydrogens (tertiary/aromatic N) is 2. The zero-order valence-corrected chi connectivity index (χ0v) is 15.2. The van der Waals surface area contributed by atoms with Crippen LogP contribution in [0.2, 0.25) is 0 Å². The largest absolute Gasteiger partial charge is 0.311 e. The first-order valence-corrected chi connectivity index (χ1v) is 9.20. The first-order valence-electron chi connectivity index (χ1n) is 8.22. The SMILES string of the molecule is CC(=O)Nc1cc(=O)n(Cc2ccccc2)c(SCc2ccccc2)n1. The van der Waals surface area contributed by atoms with E-state index in [-0.39, 0.29) is 17.3 Å². The second-order valence-electron chi connectivity index (χ2n) is 5.79. The molecule has 0 radical (unpaired) electrons. The molecule has 0 saturated carbocycles. The average Bonchev–Trinajstić information content (AvgIpc) is 2.63. The molecule has 132 valence electrons. The summed E-state index contributed by atoms with van der Waals surface area (Å²) in [6, 6.07) is 21.1. The van der Waals surface area contributed by atoms with Crippen LogP contribution < -0.4 is 10.9 Å². The Morgan fingerprint density at radius 1 is 1.04 bits per heavy atom. The van der Waals surface area contributed by atoms with E-state index < -0.39 is 0 Å². The van der Waals surface area contributed by atoms with Crippen LogP contribution in [0.15, 0.2) is 76.7 Å². The van der Waals surface area contributed by atoms with Crippen molar-refractivity contribution in [3.05, 3.63) is 88.2 Å². The number of aromatic nitrogens is 2. The van der Waals surface area contributed by atoms with Crippen molar-refractivity contribution in [3.63, 3.8) is 0 Å². The minimum absolute atomic E-state index is 0.192. The molecule has 3 aromatic rings. The van der Waals surface area contributed by atoms with Crippen LogP contribution >= 0.6 is 11.8 Å². The van der Waals surface area contributed by atoms with Crippen LogP contribution in [0.1, 0.15) is 18.1 Å². The lowest BCUT2D eigenvalue weighted by atomic mass is 10.2. The van der Waals surface area contributed by atoms with E-state index in [0.29, 0.717) is 17.5 Å². The van der Waals surface area contributed by atoms with Gasteiger partial charge in [-0.2, -0.15) is 0 Å². The molecule has 1 heterocycles. The van der Waals surface area contributed by atoms with Crippen LogP contribution in [0.5, 0.6) is 0 Å². The minimum Gasteiger partial charge on any atom is -0.311 e. The van der Waals surface area contributed by atoms with E-state index in [2.05, 4.69) is 10.3 Å². The highest BCUT2D eigenvalue weighted by atomic mass is 32.2. The molecule has 0 atom stereocenters. The van der Waals surface area contributed by atoms with Gasteiger partial charge in [0, 0.05) is 18.7 Å². The molecule has 26 heavy (non-hydrogen) atoms. The van der Waals surface area contributed by atoms with Gasteiger partial charge in [0.2, 0.25) is 5.91 Å². The summed E-state index contributed by atoms with van der Waals surface area (Å²) in [6.45, 7) is 1.83. The van der Waals surface area contributed by atoms with E-state index in [9.17, 15) is 9.59 Å². The molecular weight excluding hydrogens is 346 g/mol. The van der Waals surface area contributed by atoms with E-state index in [0.717, 1.165) is 11.1 Å². The zero-order chi connectivity index (χ0) is 18.4. The molecule has 0 aliphatic heterocycles. The molecule has 6 heteroatoms. The molecule has 5 nitrogen and oxygen atoms in total. The Bertz CT molecular complexity index is 940. The monoisotopic (exact) mass is 365 g/mol. The minimum atomic E-state index is -0.253. The van der Waals surface area contributed by atoms with Gasteiger partial charge in [-0.05, 0) is 11.1 Å². The number of benzene rings is 2. The lowest BCUT2D eigenvalue weighted by Gasteiger charge is -2.13. The van der Waals surface area contributed by atoms with E-state index in [1.165, 1.54) is 24.8 Å². The van der Waals surface area contributed by atoms with Crippen molar-refractivity contribution in [1.82, 2.24) is 9.55 Å².